The van der Waals surface area contributed by atoms with Crippen molar-refractivity contribution in [3.8, 4) is 0 Å². The number of allylic oxidation sites excluding steroid dienone is 1. The number of nitrogens with zero attached hydrogens (tertiary/aromatic N) is 2. The van der Waals surface area contributed by atoms with Crippen LogP contribution in [0.1, 0.15) is 11.1 Å². The van der Waals surface area contributed by atoms with Crippen LogP contribution in [0.25, 0.3) is 0 Å². The van der Waals surface area contributed by atoms with E-state index in [0.717, 1.165) is 22.7 Å². The van der Waals surface area contributed by atoms with Gasteiger partial charge < -0.3 is 5.32 Å². The molecule has 0 saturated carbocycles. The van der Waals surface area contributed by atoms with Gasteiger partial charge >= 0.3 is 6.18 Å². The maximum Gasteiger partial charge on any atom is 0.417 e. The Morgan fingerprint density at radius 3 is 2.54 bits per heavy atom. The third kappa shape index (κ3) is 4.96. The highest BCUT2D eigenvalue weighted by Gasteiger charge is 2.30. The van der Waals surface area contributed by atoms with E-state index in [1.807, 2.05) is 12.1 Å². The fourth-order valence-corrected chi connectivity index (χ4v) is 2.68. The zero-order chi connectivity index (χ0) is 19.2. The molecular formula is C18H17F3N4S. The zero-order valence-electron chi connectivity index (χ0n) is 14.0. The van der Waals surface area contributed by atoms with Gasteiger partial charge in [-0.2, -0.15) is 13.2 Å². The predicted molar refractivity (Wildman–Crippen MR) is 101 cm³/mol. The van der Waals surface area contributed by atoms with Crippen LogP contribution in [0, 0.1) is 0 Å². The van der Waals surface area contributed by atoms with E-state index in [4.69, 9.17) is 0 Å². The molecule has 2 rings (SSSR count). The number of aromatic nitrogens is 1. The van der Waals surface area contributed by atoms with Crippen molar-refractivity contribution in [2.75, 3.05) is 12.4 Å². The van der Waals surface area contributed by atoms with E-state index in [1.165, 1.54) is 24.2 Å². The van der Waals surface area contributed by atoms with Crippen LogP contribution >= 0.6 is 11.9 Å². The number of anilines is 2. The molecule has 8 heteroatoms. The Morgan fingerprint density at radius 1 is 1.23 bits per heavy atom. The highest BCUT2D eigenvalue weighted by Crippen LogP contribution is 2.30. The number of rotatable bonds is 7. The molecule has 0 atom stereocenters. The summed E-state index contributed by atoms with van der Waals surface area (Å²) in [5, 5.41) is 3.02. The smallest absolute Gasteiger partial charge is 0.340 e. The third-order valence-electron chi connectivity index (χ3n) is 3.26. The van der Waals surface area contributed by atoms with Crippen LogP contribution in [0.5, 0.6) is 0 Å². The van der Waals surface area contributed by atoms with Gasteiger partial charge in [0.15, 0.2) is 0 Å². The van der Waals surface area contributed by atoms with Gasteiger partial charge in [-0.05, 0) is 55.4 Å². The molecule has 1 heterocycles. The summed E-state index contributed by atoms with van der Waals surface area (Å²) in [5.41, 5.74) is 1.14. The van der Waals surface area contributed by atoms with Gasteiger partial charge in [-0.15, -0.1) is 0 Å². The second-order valence-electron chi connectivity index (χ2n) is 4.97. The molecule has 0 saturated heterocycles. The van der Waals surface area contributed by atoms with Crippen LogP contribution in [0.3, 0.4) is 0 Å². The van der Waals surface area contributed by atoms with Crippen molar-refractivity contribution in [3.05, 3.63) is 73.1 Å². The van der Waals surface area contributed by atoms with Gasteiger partial charge in [-0.1, -0.05) is 13.2 Å². The summed E-state index contributed by atoms with van der Waals surface area (Å²) < 4.78 is 41.0. The number of pyridine rings is 1. The van der Waals surface area contributed by atoms with Crippen molar-refractivity contribution in [1.82, 2.24) is 9.71 Å². The summed E-state index contributed by atoms with van der Waals surface area (Å²) in [5.74, 6) is 0.287. The first-order valence-corrected chi connectivity index (χ1v) is 8.30. The number of hydrogen-bond donors (Lipinski definition) is 2. The summed E-state index contributed by atoms with van der Waals surface area (Å²) in [6.45, 7) is 7.34. The molecule has 0 aliphatic heterocycles. The number of halogens is 3. The Bertz CT molecular complexity index is 814. The highest BCUT2D eigenvalue weighted by molar-refractivity contribution is 7.97. The molecule has 0 spiro atoms. The number of benzene rings is 1. The van der Waals surface area contributed by atoms with Crippen LogP contribution in [0.15, 0.2) is 71.9 Å². The largest absolute Gasteiger partial charge is 0.417 e. The second kappa shape index (κ2) is 8.68. The molecule has 0 fully saturated rings. The maximum atomic E-state index is 12.7. The Kier molecular flexibility index (Phi) is 6.59. The fraction of sp³-hybridized carbons (Fsp3) is 0.111. The van der Waals surface area contributed by atoms with E-state index >= 15 is 0 Å². The first-order valence-electron chi connectivity index (χ1n) is 7.48. The van der Waals surface area contributed by atoms with E-state index in [0.29, 0.717) is 11.4 Å². The predicted octanol–water partition coefficient (Wildman–Crippen LogP) is 5.19. The van der Waals surface area contributed by atoms with Crippen LogP contribution in [0.2, 0.25) is 0 Å². The Morgan fingerprint density at radius 2 is 2.00 bits per heavy atom. The molecule has 0 radical (unpaired) electrons. The molecule has 0 bridgehead atoms. The molecule has 1 aromatic heterocycles. The molecule has 0 amide bonds. The summed E-state index contributed by atoms with van der Waals surface area (Å²) >= 11 is 1.42. The minimum atomic E-state index is -4.42. The Labute approximate surface area is 154 Å². The lowest BCUT2D eigenvalue weighted by Crippen LogP contribution is -2.07. The minimum Gasteiger partial charge on any atom is -0.340 e. The topological polar surface area (TPSA) is 49.3 Å². The van der Waals surface area contributed by atoms with Crippen molar-refractivity contribution in [2.24, 2.45) is 4.99 Å². The van der Waals surface area contributed by atoms with Crippen molar-refractivity contribution in [2.45, 2.75) is 11.1 Å². The maximum absolute atomic E-state index is 12.7. The molecule has 136 valence electrons. The molecule has 2 N–H and O–H groups in total. The fourth-order valence-electron chi connectivity index (χ4n) is 2.13. The molecule has 26 heavy (non-hydrogen) atoms. The molecule has 4 nitrogen and oxygen atoms in total. The van der Waals surface area contributed by atoms with Crippen LogP contribution in [-0.2, 0) is 6.18 Å². The van der Waals surface area contributed by atoms with Crippen LogP contribution < -0.4 is 10.0 Å². The lowest BCUT2D eigenvalue weighted by molar-refractivity contribution is -0.137. The van der Waals surface area contributed by atoms with E-state index in [-0.39, 0.29) is 5.82 Å². The molecule has 0 aliphatic rings. The van der Waals surface area contributed by atoms with Gasteiger partial charge in [0.05, 0.1) is 11.3 Å². The van der Waals surface area contributed by atoms with Crippen LogP contribution in [0.4, 0.5) is 24.7 Å². The van der Waals surface area contributed by atoms with Gasteiger partial charge in [-0.3, -0.25) is 9.71 Å². The van der Waals surface area contributed by atoms with Gasteiger partial charge in [0.1, 0.15) is 5.82 Å². The van der Waals surface area contributed by atoms with Crippen LogP contribution in [-0.4, -0.2) is 17.7 Å². The lowest BCUT2D eigenvalue weighted by Gasteiger charge is -2.14. The van der Waals surface area contributed by atoms with Crippen molar-refractivity contribution >= 4 is 29.2 Å². The third-order valence-corrected chi connectivity index (χ3v) is 3.96. The number of hydrogen-bond acceptors (Lipinski definition) is 5. The van der Waals surface area contributed by atoms with Gasteiger partial charge in [-0.25, -0.2) is 4.98 Å². The Balaban J connectivity index is 2.40. The number of aliphatic imine (C=N–C) groups is 1. The van der Waals surface area contributed by atoms with Gasteiger partial charge in [0.2, 0.25) is 0 Å². The summed E-state index contributed by atoms with van der Waals surface area (Å²) in [6, 6.07) is 7.81. The summed E-state index contributed by atoms with van der Waals surface area (Å²) in [4.78, 5) is 8.96. The first kappa shape index (κ1) is 19.7. The van der Waals surface area contributed by atoms with E-state index < -0.39 is 11.7 Å². The highest BCUT2D eigenvalue weighted by atomic mass is 32.2. The van der Waals surface area contributed by atoms with E-state index in [9.17, 15) is 13.2 Å². The first-order chi connectivity index (χ1) is 12.4. The van der Waals surface area contributed by atoms with E-state index in [2.05, 4.69) is 33.2 Å². The van der Waals surface area contributed by atoms with Gasteiger partial charge in [0, 0.05) is 28.5 Å². The average Bonchev–Trinajstić information content (AvgIpc) is 2.61. The quantitative estimate of drug-likeness (QED) is 0.514. The second-order valence-corrected chi connectivity index (χ2v) is 6.05. The summed E-state index contributed by atoms with van der Waals surface area (Å²) in [7, 11) is 1.80. The SMILES string of the molecule is C=CN=C(C=C)c1cc(SNC)ccc1Nc1ccc(C(F)(F)F)cn1. The van der Waals surface area contributed by atoms with Gasteiger partial charge in [0.25, 0.3) is 0 Å². The molecule has 0 aliphatic carbocycles. The normalized spacial score (nSPS) is 11.9. The summed E-state index contributed by atoms with van der Waals surface area (Å²) in [6.07, 6.45) is -0.653. The monoisotopic (exact) mass is 378 g/mol. The zero-order valence-corrected chi connectivity index (χ0v) is 14.8. The molecule has 1 aromatic carbocycles. The number of nitrogens with one attached hydrogen (secondary N) is 2. The standard InChI is InChI=1S/C18H17F3N4S/c1-4-15(23-5-2)14-10-13(26-22-3)7-8-16(14)25-17-9-6-12(11-24-17)18(19,20)21/h4-11,22H,1-2H2,3H3,(H,24,25). The van der Waals surface area contributed by atoms with Crippen molar-refractivity contribution in [1.29, 1.82) is 0 Å². The van der Waals surface area contributed by atoms with Crippen molar-refractivity contribution < 1.29 is 13.2 Å². The number of alkyl halides is 3. The molecule has 2 aromatic rings. The lowest BCUT2D eigenvalue weighted by atomic mass is 10.1. The average molecular weight is 378 g/mol. The minimum absolute atomic E-state index is 0.287. The van der Waals surface area contributed by atoms with Crippen molar-refractivity contribution in [3.63, 3.8) is 0 Å². The van der Waals surface area contributed by atoms with E-state index in [1.54, 1.807) is 19.2 Å². The molecular weight excluding hydrogens is 361 g/mol. The molecule has 0 unspecified atom stereocenters. The Hall–Kier alpha value is -2.58.